The number of likely N-dealkylation sites (tertiary alicyclic amines) is 1. The molecule has 2 fully saturated rings. The van der Waals surface area contributed by atoms with Crippen LogP contribution < -0.4 is 15.4 Å². The van der Waals surface area contributed by atoms with Gasteiger partial charge in [0, 0.05) is 32.1 Å². The van der Waals surface area contributed by atoms with E-state index in [4.69, 9.17) is 9.57 Å². The molecular formula is C27H32F2N6O3. The summed E-state index contributed by atoms with van der Waals surface area (Å²) in [5.41, 5.74) is 1.91. The minimum Gasteiger partial charge on any atom is -0.476 e. The van der Waals surface area contributed by atoms with Crippen LogP contribution in [0.2, 0.25) is 0 Å². The number of urea groups is 1. The fourth-order valence-electron chi connectivity index (χ4n) is 4.86. The van der Waals surface area contributed by atoms with Crippen LogP contribution in [0.4, 0.5) is 19.4 Å². The summed E-state index contributed by atoms with van der Waals surface area (Å²) >= 11 is 0. The number of likely N-dealkylation sites (N-methyl/N-ethyl adjacent to an activating group) is 1. The van der Waals surface area contributed by atoms with Crippen LogP contribution in [0.3, 0.4) is 0 Å². The standard InChI is InChI=1S/C27H32F2N6O3/c1-4-34-15-23(24(38-34)19-10-11-21(28)22(29)12-19)30-27(36)31-25-17(2)26(37-16-18-13-33(3)14-18)32-35(25)20-8-6-5-7-9-20/h5-12,18,23-24H,4,13-16H2,1-3H3,(H2,30,31,36)/t23-,24+/m1/s1. The number of nitrogens with one attached hydrogen (secondary N) is 2. The number of halogens is 2. The van der Waals surface area contributed by atoms with Crippen molar-refractivity contribution >= 4 is 11.8 Å². The molecule has 0 bridgehead atoms. The number of para-hydroxylation sites is 1. The maximum absolute atomic E-state index is 13.9. The van der Waals surface area contributed by atoms with Gasteiger partial charge in [0.05, 0.1) is 23.9 Å². The Morgan fingerprint density at radius 3 is 2.58 bits per heavy atom. The number of aromatic nitrogens is 2. The molecule has 2 saturated heterocycles. The van der Waals surface area contributed by atoms with Gasteiger partial charge in [-0.25, -0.2) is 18.3 Å². The third-order valence-electron chi connectivity index (χ3n) is 6.88. The summed E-state index contributed by atoms with van der Waals surface area (Å²) in [5.74, 6) is -0.524. The number of anilines is 1. The Balaban J connectivity index is 1.35. The molecule has 0 unspecified atom stereocenters. The normalized spacial score (nSPS) is 20.3. The molecule has 3 heterocycles. The van der Waals surface area contributed by atoms with E-state index < -0.39 is 29.8 Å². The van der Waals surface area contributed by atoms with Gasteiger partial charge in [-0.15, -0.1) is 5.10 Å². The van der Waals surface area contributed by atoms with Crippen LogP contribution in [0.25, 0.3) is 5.69 Å². The average Bonchev–Trinajstić information content (AvgIpc) is 3.44. The minimum absolute atomic E-state index is 0.384. The fraction of sp³-hybridized carbons (Fsp3) is 0.407. The quantitative estimate of drug-likeness (QED) is 0.463. The molecule has 202 valence electrons. The molecular weight excluding hydrogens is 494 g/mol. The second-order valence-corrected chi connectivity index (χ2v) is 9.81. The molecule has 1 aromatic heterocycles. The average molecular weight is 527 g/mol. The zero-order valence-corrected chi connectivity index (χ0v) is 21.7. The minimum atomic E-state index is -0.965. The van der Waals surface area contributed by atoms with Gasteiger partial charge in [-0.1, -0.05) is 31.2 Å². The number of hydrogen-bond acceptors (Lipinski definition) is 6. The van der Waals surface area contributed by atoms with Crippen LogP contribution >= 0.6 is 0 Å². The van der Waals surface area contributed by atoms with Crippen LogP contribution in [0.1, 0.15) is 24.2 Å². The van der Waals surface area contributed by atoms with Crippen LogP contribution in [-0.2, 0) is 4.84 Å². The van der Waals surface area contributed by atoms with E-state index in [1.54, 1.807) is 9.75 Å². The van der Waals surface area contributed by atoms with Crippen molar-refractivity contribution in [2.75, 3.05) is 45.2 Å². The first-order chi connectivity index (χ1) is 18.3. The monoisotopic (exact) mass is 526 g/mol. The molecule has 2 amide bonds. The SMILES string of the molecule is CCN1C[C@@H](NC(=O)Nc2c(C)c(OCC3CN(C)C3)nn2-c2ccccc2)[C@H](c2ccc(F)c(F)c2)O1. The van der Waals surface area contributed by atoms with E-state index in [1.165, 1.54) is 6.07 Å². The van der Waals surface area contributed by atoms with Gasteiger partial charge >= 0.3 is 6.03 Å². The Hall–Kier alpha value is -3.54. The molecule has 3 aromatic rings. The van der Waals surface area contributed by atoms with Gasteiger partial charge < -0.3 is 15.0 Å². The smallest absolute Gasteiger partial charge is 0.320 e. The highest BCUT2D eigenvalue weighted by molar-refractivity contribution is 5.90. The van der Waals surface area contributed by atoms with Gasteiger partial charge in [-0.05, 0) is 43.8 Å². The number of carbonyl (C=O) groups is 1. The number of amides is 2. The number of hydroxylamine groups is 2. The van der Waals surface area contributed by atoms with Gasteiger partial charge in [-0.2, -0.15) is 5.06 Å². The third-order valence-corrected chi connectivity index (χ3v) is 6.88. The van der Waals surface area contributed by atoms with Gasteiger partial charge in [-0.3, -0.25) is 10.2 Å². The number of carbonyl (C=O) groups excluding carboxylic acids is 1. The molecule has 2 atom stereocenters. The summed E-state index contributed by atoms with van der Waals surface area (Å²) in [4.78, 5) is 21.4. The molecule has 0 radical (unpaired) electrons. The van der Waals surface area contributed by atoms with Crippen LogP contribution in [0.15, 0.2) is 48.5 Å². The molecule has 0 saturated carbocycles. The molecule has 9 nitrogen and oxygen atoms in total. The molecule has 2 aliphatic heterocycles. The van der Waals surface area contributed by atoms with Crippen LogP contribution in [0, 0.1) is 24.5 Å². The van der Waals surface area contributed by atoms with Crippen molar-refractivity contribution in [2.24, 2.45) is 5.92 Å². The Morgan fingerprint density at radius 1 is 1.13 bits per heavy atom. The summed E-state index contributed by atoms with van der Waals surface area (Å²) < 4.78 is 35.1. The Labute approximate surface area is 220 Å². The topological polar surface area (TPSA) is 83.9 Å². The molecule has 11 heteroatoms. The lowest BCUT2D eigenvalue weighted by Gasteiger charge is -2.35. The molecule has 2 N–H and O–H groups in total. The highest BCUT2D eigenvalue weighted by Crippen LogP contribution is 2.32. The summed E-state index contributed by atoms with van der Waals surface area (Å²) in [6.07, 6.45) is -0.671. The van der Waals surface area contributed by atoms with E-state index in [9.17, 15) is 13.6 Å². The maximum Gasteiger partial charge on any atom is 0.320 e. The fourth-order valence-corrected chi connectivity index (χ4v) is 4.86. The highest BCUT2D eigenvalue weighted by atomic mass is 19.2. The lowest BCUT2D eigenvalue weighted by Crippen LogP contribution is -2.46. The van der Waals surface area contributed by atoms with Gasteiger partial charge in [0.2, 0.25) is 5.88 Å². The first kappa shape index (κ1) is 26.1. The van der Waals surface area contributed by atoms with E-state index in [0.717, 1.165) is 30.9 Å². The number of nitrogens with zero attached hydrogens (tertiary/aromatic N) is 4. The second-order valence-electron chi connectivity index (χ2n) is 9.81. The highest BCUT2D eigenvalue weighted by Gasteiger charge is 2.36. The van der Waals surface area contributed by atoms with Crippen LogP contribution in [0.5, 0.6) is 5.88 Å². The zero-order chi connectivity index (χ0) is 26.8. The van der Waals surface area contributed by atoms with Crippen molar-refractivity contribution < 1.29 is 23.1 Å². The first-order valence-electron chi connectivity index (χ1n) is 12.7. The van der Waals surface area contributed by atoms with Crippen molar-refractivity contribution in [2.45, 2.75) is 26.0 Å². The lowest BCUT2D eigenvalue weighted by molar-refractivity contribution is -0.144. The van der Waals surface area contributed by atoms with Gasteiger partial charge in [0.15, 0.2) is 11.6 Å². The summed E-state index contributed by atoms with van der Waals surface area (Å²) in [7, 11) is 2.07. The first-order valence-corrected chi connectivity index (χ1v) is 12.7. The van der Waals surface area contributed by atoms with Crippen molar-refractivity contribution in [1.29, 1.82) is 0 Å². The molecule has 5 rings (SSSR count). The molecule has 0 aliphatic carbocycles. The van der Waals surface area contributed by atoms with E-state index in [2.05, 4.69) is 27.7 Å². The number of ether oxygens (including phenoxy) is 1. The third kappa shape index (κ3) is 5.50. The van der Waals surface area contributed by atoms with Crippen molar-refractivity contribution in [3.8, 4) is 11.6 Å². The van der Waals surface area contributed by atoms with E-state index in [0.29, 0.717) is 48.4 Å². The molecule has 2 aromatic carbocycles. The van der Waals surface area contributed by atoms with Crippen molar-refractivity contribution in [1.82, 2.24) is 25.1 Å². The van der Waals surface area contributed by atoms with Gasteiger partial charge in [0.1, 0.15) is 11.9 Å². The second kappa shape index (κ2) is 11.1. The summed E-state index contributed by atoms with van der Waals surface area (Å²) in [6, 6.07) is 12.1. The maximum atomic E-state index is 13.9. The van der Waals surface area contributed by atoms with E-state index in [-0.39, 0.29) is 0 Å². The van der Waals surface area contributed by atoms with Crippen LogP contribution in [-0.4, -0.2) is 71.7 Å². The van der Waals surface area contributed by atoms with Crippen molar-refractivity contribution in [3.05, 3.63) is 71.3 Å². The predicted octanol–water partition coefficient (Wildman–Crippen LogP) is 3.90. The Bertz CT molecular complexity index is 1280. The molecule has 2 aliphatic rings. The zero-order valence-electron chi connectivity index (χ0n) is 21.7. The number of benzene rings is 2. The van der Waals surface area contributed by atoms with E-state index in [1.807, 2.05) is 44.2 Å². The molecule has 0 spiro atoms. The van der Waals surface area contributed by atoms with Gasteiger partial charge in [0.25, 0.3) is 0 Å². The Morgan fingerprint density at radius 2 is 1.89 bits per heavy atom. The lowest BCUT2D eigenvalue weighted by atomic mass is 10.0. The number of hydrogen-bond donors (Lipinski definition) is 2. The Kier molecular flexibility index (Phi) is 7.59. The molecule has 38 heavy (non-hydrogen) atoms. The summed E-state index contributed by atoms with van der Waals surface area (Å²) in [6.45, 7) is 7.21. The van der Waals surface area contributed by atoms with Crippen molar-refractivity contribution in [3.63, 3.8) is 0 Å². The summed E-state index contributed by atoms with van der Waals surface area (Å²) in [5, 5.41) is 12.2. The van der Waals surface area contributed by atoms with E-state index >= 15 is 0 Å². The largest absolute Gasteiger partial charge is 0.476 e. The predicted molar refractivity (Wildman–Crippen MR) is 138 cm³/mol. The number of rotatable bonds is 8.